The van der Waals surface area contributed by atoms with Gasteiger partial charge >= 0.3 is 5.97 Å². The summed E-state index contributed by atoms with van der Waals surface area (Å²) in [5.74, 6) is -0.762. The van der Waals surface area contributed by atoms with E-state index in [1.165, 1.54) is 6.92 Å². The number of amides is 1. The van der Waals surface area contributed by atoms with Crippen molar-refractivity contribution in [2.24, 2.45) is 5.92 Å². The van der Waals surface area contributed by atoms with Gasteiger partial charge in [-0.05, 0) is 5.92 Å². The summed E-state index contributed by atoms with van der Waals surface area (Å²) in [5.41, 5.74) is 0. The molecule has 12 heavy (non-hydrogen) atoms. The molecule has 4 heteroatoms. The molecular weight excluding hydrogens is 158 g/mol. The minimum atomic E-state index is -0.597. The summed E-state index contributed by atoms with van der Waals surface area (Å²) >= 11 is 0. The third-order valence-corrected chi connectivity index (χ3v) is 1.42. The predicted molar refractivity (Wildman–Crippen MR) is 43.9 cm³/mol. The van der Waals surface area contributed by atoms with Gasteiger partial charge in [-0.3, -0.25) is 4.79 Å². The molecular formula is C8H14NO3. The first kappa shape index (κ1) is 10.9. The van der Waals surface area contributed by atoms with E-state index >= 15 is 0 Å². The number of hydrogen-bond donors (Lipinski definition) is 1. The third-order valence-electron chi connectivity index (χ3n) is 1.42. The lowest BCUT2D eigenvalue weighted by molar-refractivity contribution is -0.144. The third kappa shape index (κ3) is 3.37. The highest BCUT2D eigenvalue weighted by atomic mass is 16.5. The molecule has 1 radical (unpaired) electrons. The van der Waals surface area contributed by atoms with E-state index in [4.69, 9.17) is 0 Å². The van der Waals surface area contributed by atoms with E-state index in [2.05, 4.69) is 17.2 Å². The fraction of sp³-hybridized carbons (Fsp3) is 0.625. The molecule has 0 saturated heterocycles. The first-order chi connectivity index (χ1) is 5.49. The van der Waals surface area contributed by atoms with Crippen LogP contribution in [0.2, 0.25) is 0 Å². The van der Waals surface area contributed by atoms with E-state index in [0.29, 0.717) is 0 Å². The van der Waals surface area contributed by atoms with Crippen LogP contribution in [0.1, 0.15) is 20.8 Å². The number of carbonyl (C=O) groups is 2. The van der Waals surface area contributed by atoms with Gasteiger partial charge in [0.2, 0.25) is 5.91 Å². The molecule has 0 heterocycles. The summed E-state index contributed by atoms with van der Waals surface area (Å²) < 4.78 is 4.27. The van der Waals surface area contributed by atoms with E-state index in [1.54, 1.807) is 0 Å². The van der Waals surface area contributed by atoms with Crippen LogP contribution < -0.4 is 5.32 Å². The van der Waals surface area contributed by atoms with Crippen molar-refractivity contribution >= 4 is 11.9 Å². The summed E-state index contributed by atoms with van der Waals surface area (Å²) in [6.07, 6.45) is 0. The van der Waals surface area contributed by atoms with Crippen molar-refractivity contribution in [1.29, 1.82) is 0 Å². The van der Waals surface area contributed by atoms with Crippen LogP contribution in [-0.4, -0.2) is 17.9 Å². The van der Waals surface area contributed by atoms with Gasteiger partial charge in [0, 0.05) is 6.92 Å². The summed E-state index contributed by atoms with van der Waals surface area (Å²) in [7, 11) is 3.00. The molecule has 0 saturated carbocycles. The zero-order chi connectivity index (χ0) is 9.72. The zero-order valence-corrected chi connectivity index (χ0v) is 7.59. The molecule has 4 nitrogen and oxygen atoms in total. The molecule has 0 aromatic heterocycles. The molecule has 0 aliphatic heterocycles. The van der Waals surface area contributed by atoms with E-state index in [9.17, 15) is 9.59 Å². The lowest BCUT2D eigenvalue weighted by Gasteiger charge is -2.18. The molecule has 1 N–H and O–H groups in total. The van der Waals surface area contributed by atoms with Gasteiger partial charge in [0.1, 0.15) is 13.2 Å². The molecule has 0 aliphatic carbocycles. The Kier molecular flexibility index (Phi) is 4.33. The second-order valence-corrected chi connectivity index (χ2v) is 2.89. The normalized spacial score (nSPS) is 12.4. The molecule has 0 aromatic carbocycles. The Morgan fingerprint density at radius 3 is 2.17 bits per heavy atom. The highest BCUT2D eigenvalue weighted by Crippen LogP contribution is 2.03. The number of esters is 1. The van der Waals surface area contributed by atoms with Crippen molar-refractivity contribution in [2.45, 2.75) is 26.8 Å². The number of rotatable bonds is 3. The molecule has 1 amide bonds. The van der Waals surface area contributed by atoms with Gasteiger partial charge in [-0.2, -0.15) is 0 Å². The summed E-state index contributed by atoms with van der Waals surface area (Å²) in [4.78, 5) is 21.6. The maximum absolute atomic E-state index is 11.0. The SMILES string of the molecule is [CH2]OC(=O)[C@@H](NC(C)=O)C(C)C. The molecule has 0 aromatic rings. The van der Waals surface area contributed by atoms with Crippen LogP contribution in [0.5, 0.6) is 0 Å². The zero-order valence-electron chi connectivity index (χ0n) is 7.59. The maximum atomic E-state index is 11.0. The molecule has 0 fully saturated rings. The molecule has 0 rings (SSSR count). The lowest BCUT2D eigenvalue weighted by Crippen LogP contribution is -2.43. The van der Waals surface area contributed by atoms with Crippen LogP contribution in [0, 0.1) is 13.0 Å². The van der Waals surface area contributed by atoms with Gasteiger partial charge in [0.25, 0.3) is 0 Å². The van der Waals surface area contributed by atoms with Crippen molar-refractivity contribution < 1.29 is 14.3 Å². The topological polar surface area (TPSA) is 55.4 Å². The van der Waals surface area contributed by atoms with Gasteiger partial charge in [-0.15, -0.1) is 0 Å². The van der Waals surface area contributed by atoms with Crippen molar-refractivity contribution in [3.8, 4) is 0 Å². The van der Waals surface area contributed by atoms with Crippen molar-refractivity contribution in [3.63, 3.8) is 0 Å². The number of ether oxygens (including phenoxy) is 1. The monoisotopic (exact) mass is 172 g/mol. The van der Waals surface area contributed by atoms with E-state index in [0.717, 1.165) is 0 Å². The Bertz CT molecular complexity index is 177. The van der Waals surface area contributed by atoms with Crippen LogP contribution >= 0.6 is 0 Å². The molecule has 0 bridgehead atoms. The first-order valence-electron chi connectivity index (χ1n) is 3.72. The van der Waals surface area contributed by atoms with E-state index < -0.39 is 12.0 Å². The van der Waals surface area contributed by atoms with Crippen LogP contribution in [0.3, 0.4) is 0 Å². The lowest BCUT2D eigenvalue weighted by atomic mass is 10.1. The Morgan fingerprint density at radius 2 is 1.92 bits per heavy atom. The average Bonchev–Trinajstić information content (AvgIpc) is 1.98. The van der Waals surface area contributed by atoms with Crippen LogP contribution in [0.4, 0.5) is 0 Å². The minimum absolute atomic E-state index is 0.00292. The molecule has 69 valence electrons. The van der Waals surface area contributed by atoms with Crippen LogP contribution in [0.15, 0.2) is 0 Å². The van der Waals surface area contributed by atoms with Crippen molar-refractivity contribution in [3.05, 3.63) is 7.11 Å². The molecule has 0 aliphatic rings. The van der Waals surface area contributed by atoms with Gasteiger partial charge < -0.3 is 10.1 Å². The van der Waals surface area contributed by atoms with Gasteiger partial charge in [0.15, 0.2) is 0 Å². The van der Waals surface area contributed by atoms with Gasteiger partial charge in [-0.1, -0.05) is 13.8 Å². The Labute approximate surface area is 72.3 Å². The molecule has 0 unspecified atom stereocenters. The van der Waals surface area contributed by atoms with Crippen molar-refractivity contribution in [1.82, 2.24) is 5.32 Å². The summed E-state index contributed by atoms with van der Waals surface area (Å²) in [5, 5.41) is 2.48. The number of hydrogen-bond acceptors (Lipinski definition) is 3. The van der Waals surface area contributed by atoms with Crippen molar-refractivity contribution in [2.75, 3.05) is 0 Å². The molecule has 0 spiro atoms. The Hall–Kier alpha value is -1.06. The summed E-state index contributed by atoms with van der Waals surface area (Å²) in [6.45, 7) is 4.99. The van der Waals surface area contributed by atoms with Crippen LogP contribution in [-0.2, 0) is 14.3 Å². The number of nitrogens with one attached hydrogen (secondary N) is 1. The fourth-order valence-corrected chi connectivity index (χ4v) is 0.807. The Morgan fingerprint density at radius 1 is 1.42 bits per heavy atom. The molecule has 1 atom stereocenters. The van der Waals surface area contributed by atoms with E-state index in [1.807, 2.05) is 13.8 Å². The second kappa shape index (κ2) is 4.74. The first-order valence-corrected chi connectivity index (χ1v) is 3.72. The van der Waals surface area contributed by atoms with Gasteiger partial charge in [-0.25, -0.2) is 4.79 Å². The highest BCUT2D eigenvalue weighted by Gasteiger charge is 2.23. The standard InChI is InChI=1S/C8H14NO3/c1-5(2)7(8(11)12-4)9-6(3)10/h5,7H,4H2,1-3H3,(H,9,10)/t7-/m0/s1. The van der Waals surface area contributed by atoms with E-state index in [-0.39, 0.29) is 11.8 Å². The highest BCUT2D eigenvalue weighted by molar-refractivity contribution is 5.83. The average molecular weight is 172 g/mol. The quantitative estimate of drug-likeness (QED) is 0.630. The minimum Gasteiger partial charge on any atom is -0.461 e. The van der Waals surface area contributed by atoms with Gasteiger partial charge in [0.05, 0.1) is 0 Å². The largest absolute Gasteiger partial charge is 0.461 e. The fourth-order valence-electron chi connectivity index (χ4n) is 0.807. The summed E-state index contributed by atoms with van der Waals surface area (Å²) in [6, 6.07) is -0.597. The van der Waals surface area contributed by atoms with Crippen LogP contribution in [0.25, 0.3) is 0 Å². The number of carbonyl (C=O) groups excluding carboxylic acids is 2. The predicted octanol–water partition coefficient (Wildman–Crippen LogP) is 0.482. The second-order valence-electron chi connectivity index (χ2n) is 2.89. The smallest absolute Gasteiger partial charge is 0.329 e. The Balaban J connectivity index is 4.23. The maximum Gasteiger partial charge on any atom is 0.329 e.